The molecule has 1 atom stereocenters. The number of furan rings is 2. The molecule has 6 aromatic rings. The summed E-state index contributed by atoms with van der Waals surface area (Å²) in [5, 5.41) is 6.23. The van der Waals surface area contributed by atoms with Crippen LogP contribution in [0.4, 0.5) is 0 Å². The minimum atomic E-state index is -2.61. The lowest BCUT2D eigenvalue weighted by Gasteiger charge is -2.07. The van der Waals surface area contributed by atoms with Crippen LogP contribution in [0, 0.1) is 0 Å². The predicted octanol–water partition coefficient (Wildman–Crippen LogP) is 6.46. The van der Waals surface area contributed by atoms with E-state index in [2.05, 4.69) is 0 Å². The molecule has 0 N–H and O–H groups in total. The highest BCUT2D eigenvalue weighted by Gasteiger charge is 2.14. The van der Waals surface area contributed by atoms with Crippen LogP contribution >= 0.6 is 11.6 Å². The Morgan fingerprint density at radius 2 is 1.38 bits per heavy atom. The normalized spacial score (nSPS) is 13.2. The number of halogens is 1. The molecule has 2 aromatic heterocycles. The highest BCUT2D eigenvalue weighted by Crippen LogP contribution is 2.38. The van der Waals surface area contributed by atoms with Crippen molar-refractivity contribution in [3.8, 4) is 5.75 Å². The molecular weight excluding hydrogens is 412 g/mol. The van der Waals surface area contributed by atoms with Gasteiger partial charge in [-0.25, -0.2) is 4.21 Å². The van der Waals surface area contributed by atoms with Gasteiger partial charge in [-0.15, -0.1) is 0 Å². The van der Waals surface area contributed by atoms with Gasteiger partial charge in [-0.1, -0.05) is 17.7 Å². The summed E-state index contributed by atoms with van der Waals surface area (Å²) >= 11 is 3.47. The van der Waals surface area contributed by atoms with E-state index in [9.17, 15) is 8.76 Å². The molecule has 4 aromatic carbocycles. The Kier molecular flexibility index (Phi) is 3.47. The van der Waals surface area contributed by atoms with Gasteiger partial charge >= 0.3 is 0 Å². The van der Waals surface area contributed by atoms with E-state index in [1.54, 1.807) is 18.2 Å². The Hall–Kier alpha value is -3.06. The van der Waals surface area contributed by atoms with Gasteiger partial charge in [0.25, 0.3) is 0 Å². The lowest BCUT2D eigenvalue weighted by Crippen LogP contribution is -1.97. The molecule has 7 heteroatoms. The number of fused-ring (bicyclic) bond motifs is 7. The van der Waals surface area contributed by atoms with Crippen LogP contribution in [-0.4, -0.2) is 8.76 Å². The maximum absolute atomic E-state index is 10.8. The average molecular weight is 422 g/mol. The van der Waals surface area contributed by atoms with Crippen LogP contribution < -0.4 is 4.18 Å². The topological polar surface area (TPSA) is 75.6 Å². The quantitative estimate of drug-likeness (QED) is 0.300. The van der Waals surface area contributed by atoms with Gasteiger partial charge in [0.1, 0.15) is 39.4 Å². The third-order valence-electron chi connectivity index (χ3n) is 5.12. The number of benzene rings is 4. The zero-order valence-electron chi connectivity index (χ0n) is 14.6. The summed E-state index contributed by atoms with van der Waals surface area (Å²) in [7, 11) is 0. The summed E-state index contributed by atoms with van der Waals surface area (Å²) in [6.07, 6.45) is 0. The highest BCUT2D eigenvalue weighted by atomic mass is 35.5. The number of rotatable bonds is 2. The maximum atomic E-state index is 10.8. The Labute approximate surface area is 170 Å². The molecule has 0 aliphatic heterocycles. The molecule has 29 heavy (non-hydrogen) atoms. The first kappa shape index (κ1) is 16.9. The number of hydrogen-bond donors (Lipinski definition) is 0. The van der Waals surface area contributed by atoms with E-state index in [4.69, 9.17) is 24.6 Å². The molecule has 0 saturated carbocycles. The minimum absolute atomic E-state index is 0.254. The molecule has 0 aliphatic carbocycles. The first-order valence-electron chi connectivity index (χ1n) is 8.75. The smallest absolute Gasteiger partial charge is 0.139 e. The van der Waals surface area contributed by atoms with Crippen molar-refractivity contribution in [2.45, 2.75) is 0 Å². The van der Waals surface area contributed by atoms with Gasteiger partial charge in [-0.05, 0) is 59.3 Å². The third kappa shape index (κ3) is 2.61. The molecule has 1 unspecified atom stereocenters. The van der Waals surface area contributed by atoms with Gasteiger partial charge < -0.3 is 17.6 Å². The molecule has 0 saturated heterocycles. The van der Waals surface area contributed by atoms with Crippen LogP contribution in [0.2, 0.25) is 5.02 Å². The van der Waals surface area contributed by atoms with Crippen molar-refractivity contribution in [3.63, 3.8) is 0 Å². The van der Waals surface area contributed by atoms with Gasteiger partial charge in [0.15, 0.2) is 0 Å². The lowest BCUT2D eigenvalue weighted by molar-refractivity contribution is 0.440. The molecule has 0 amide bonds. The number of hydrogen-bond acceptors (Lipinski definition) is 5. The Bertz CT molecular complexity index is 1630. The Morgan fingerprint density at radius 1 is 0.724 bits per heavy atom. The second kappa shape index (κ2) is 5.97. The van der Waals surface area contributed by atoms with Gasteiger partial charge in [0.2, 0.25) is 0 Å². The standard InChI is InChI=1S/C22H11ClO5S/c23-13-2-4-15-17-9-22-18(10-21(17)27-20(15)8-13)16-6-11-1-3-14(28-29(24)25)5-12(11)7-19(16)26-22/h1-10H,(H,24,25)/p-1. The summed E-state index contributed by atoms with van der Waals surface area (Å²) in [5.41, 5.74) is 2.95. The fourth-order valence-electron chi connectivity index (χ4n) is 3.87. The van der Waals surface area contributed by atoms with E-state index in [-0.39, 0.29) is 5.75 Å². The van der Waals surface area contributed by atoms with Crippen molar-refractivity contribution >= 4 is 77.6 Å². The third-order valence-corrected chi connectivity index (χ3v) is 5.68. The second-order valence-corrected chi connectivity index (χ2v) is 7.85. The van der Waals surface area contributed by atoms with Crippen LogP contribution in [0.25, 0.3) is 54.6 Å². The molecule has 2 heterocycles. The highest BCUT2D eigenvalue weighted by molar-refractivity contribution is 7.74. The Morgan fingerprint density at radius 3 is 2.14 bits per heavy atom. The van der Waals surface area contributed by atoms with Gasteiger partial charge in [-0.3, -0.25) is 0 Å². The zero-order valence-corrected chi connectivity index (χ0v) is 16.2. The lowest BCUT2D eigenvalue weighted by atomic mass is 10.0. The van der Waals surface area contributed by atoms with Gasteiger partial charge in [0.05, 0.1) is 0 Å². The molecule has 0 radical (unpaired) electrons. The molecule has 0 spiro atoms. The summed E-state index contributed by atoms with van der Waals surface area (Å²) < 4.78 is 38.4. The van der Waals surface area contributed by atoms with E-state index in [1.807, 2.05) is 42.5 Å². The molecule has 142 valence electrons. The monoisotopic (exact) mass is 421 g/mol. The molecule has 0 bridgehead atoms. The Balaban J connectivity index is 1.63. The largest absolute Gasteiger partial charge is 0.740 e. The second-order valence-electron chi connectivity index (χ2n) is 6.83. The SMILES string of the molecule is O=S([O-])Oc1ccc2cc3c(cc2c1)oc1cc2c(cc13)oc1cc(Cl)ccc12. The van der Waals surface area contributed by atoms with E-state index in [0.29, 0.717) is 10.6 Å². The van der Waals surface area contributed by atoms with E-state index < -0.39 is 11.4 Å². The van der Waals surface area contributed by atoms with Crippen molar-refractivity contribution in [1.82, 2.24) is 0 Å². The van der Waals surface area contributed by atoms with Crippen LogP contribution in [0.15, 0.2) is 69.5 Å². The van der Waals surface area contributed by atoms with Crippen molar-refractivity contribution in [2.24, 2.45) is 0 Å². The first-order valence-corrected chi connectivity index (χ1v) is 10.1. The molecule has 6 rings (SSSR count). The van der Waals surface area contributed by atoms with Crippen LogP contribution in [0.5, 0.6) is 5.75 Å². The summed E-state index contributed by atoms with van der Waals surface area (Å²) in [6.45, 7) is 0. The summed E-state index contributed by atoms with van der Waals surface area (Å²) in [4.78, 5) is 0. The van der Waals surface area contributed by atoms with Crippen molar-refractivity contribution in [2.75, 3.05) is 0 Å². The van der Waals surface area contributed by atoms with E-state index in [1.165, 1.54) is 0 Å². The van der Waals surface area contributed by atoms with Crippen LogP contribution in [0.1, 0.15) is 0 Å². The first-order chi connectivity index (χ1) is 14.0. The minimum Gasteiger partial charge on any atom is -0.740 e. The maximum Gasteiger partial charge on any atom is 0.139 e. The fourth-order valence-corrected chi connectivity index (χ4v) is 4.29. The van der Waals surface area contributed by atoms with Crippen LogP contribution in [-0.2, 0) is 11.4 Å². The van der Waals surface area contributed by atoms with Crippen molar-refractivity contribution < 1.29 is 21.8 Å². The van der Waals surface area contributed by atoms with Crippen molar-refractivity contribution in [1.29, 1.82) is 0 Å². The van der Waals surface area contributed by atoms with Gasteiger partial charge in [-0.2, -0.15) is 0 Å². The van der Waals surface area contributed by atoms with E-state index in [0.717, 1.165) is 49.1 Å². The van der Waals surface area contributed by atoms with E-state index >= 15 is 0 Å². The average Bonchev–Trinajstić information content (AvgIpc) is 3.20. The zero-order chi connectivity index (χ0) is 19.7. The molecule has 0 fully saturated rings. The predicted molar refractivity (Wildman–Crippen MR) is 113 cm³/mol. The fraction of sp³-hybridized carbons (Fsp3) is 0. The van der Waals surface area contributed by atoms with Crippen molar-refractivity contribution in [3.05, 3.63) is 65.7 Å². The van der Waals surface area contributed by atoms with Crippen LogP contribution in [0.3, 0.4) is 0 Å². The summed E-state index contributed by atoms with van der Waals surface area (Å²) in [5.74, 6) is 0.254. The molecule has 0 aliphatic rings. The summed E-state index contributed by atoms with van der Waals surface area (Å²) in [6, 6.07) is 18.5. The van der Waals surface area contributed by atoms with Gasteiger partial charge in [0, 0.05) is 32.6 Å². The molecule has 5 nitrogen and oxygen atoms in total. The molecular formula is C22H10ClO5S-.